The Kier molecular flexibility index (Phi) is 5.67. The zero-order valence-corrected chi connectivity index (χ0v) is 15.9. The number of hydrogen-bond donors (Lipinski definition) is 1. The number of ether oxygens (including phenoxy) is 1. The molecule has 1 aliphatic rings. The molecule has 26 heavy (non-hydrogen) atoms. The lowest BCUT2D eigenvalue weighted by Crippen LogP contribution is -2.40. The summed E-state index contributed by atoms with van der Waals surface area (Å²) in [6, 6.07) is 8.61. The van der Waals surface area contributed by atoms with Gasteiger partial charge in [-0.15, -0.1) is 0 Å². The summed E-state index contributed by atoms with van der Waals surface area (Å²) in [7, 11) is -2.00. The maximum absolute atomic E-state index is 12.7. The Balaban J connectivity index is 1.75. The highest BCUT2D eigenvalue weighted by Crippen LogP contribution is 2.20. The Hall–Kier alpha value is -1.87. The van der Waals surface area contributed by atoms with Crippen molar-refractivity contribution in [2.24, 2.45) is 7.05 Å². The molecule has 0 unspecified atom stereocenters. The first kappa shape index (κ1) is 18.9. The summed E-state index contributed by atoms with van der Waals surface area (Å²) < 4.78 is 33.5. The highest BCUT2D eigenvalue weighted by Gasteiger charge is 2.28. The number of aryl methyl sites for hydroxylation is 1. The van der Waals surface area contributed by atoms with E-state index in [4.69, 9.17) is 16.3 Å². The van der Waals surface area contributed by atoms with Crippen LogP contribution in [0.4, 0.5) is 0 Å². The number of sulfonamides is 1. The van der Waals surface area contributed by atoms with Crippen molar-refractivity contribution in [3.05, 3.63) is 52.8 Å². The van der Waals surface area contributed by atoms with E-state index in [0.29, 0.717) is 31.3 Å². The van der Waals surface area contributed by atoms with Crippen LogP contribution >= 0.6 is 11.6 Å². The minimum absolute atomic E-state index is 0.102. The smallest absolute Gasteiger partial charge is 0.268 e. The number of carbonyl (C=O) groups excluding carboxylic acids is 1. The molecular weight excluding hydrogens is 378 g/mol. The van der Waals surface area contributed by atoms with Crippen molar-refractivity contribution in [1.82, 2.24) is 14.2 Å². The summed E-state index contributed by atoms with van der Waals surface area (Å²) in [5.74, 6) is -0.365. The van der Waals surface area contributed by atoms with Crippen LogP contribution < -0.4 is 5.32 Å². The van der Waals surface area contributed by atoms with Crippen molar-refractivity contribution in [2.45, 2.75) is 11.4 Å². The summed E-state index contributed by atoms with van der Waals surface area (Å²) in [6.07, 6.45) is 1.45. The second kappa shape index (κ2) is 7.79. The molecule has 0 bridgehead atoms. The maximum Gasteiger partial charge on any atom is 0.268 e. The Bertz CT molecular complexity index is 904. The molecule has 1 saturated heterocycles. The molecule has 1 aromatic heterocycles. The normalized spacial score (nSPS) is 15.8. The first-order valence-electron chi connectivity index (χ1n) is 8.15. The number of nitrogens with one attached hydrogen (secondary N) is 1. The summed E-state index contributed by atoms with van der Waals surface area (Å²) in [6.45, 7) is 1.63. The molecule has 0 radical (unpaired) electrons. The molecule has 1 aromatic carbocycles. The van der Waals surface area contributed by atoms with Gasteiger partial charge in [-0.05, 0) is 17.7 Å². The van der Waals surface area contributed by atoms with E-state index in [9.17, 15) is 13.2 Å². The van der Waals surface area contributed by atoms with Gasteiger partial charge in [-0.2, -0.15) is 4.31 Å². The molecule has 9 heteroatoms. The van der Waals surface area contributed by atoms with Gasteiger partial charge in [0.1, 0.15) is 10.6 Å². The number of morpholine rings is 1. The van der Waals surface area contributed by atoms with Gasteiger partial charge in [0.2, 0.25) is 10.0 Å². The van der Waals surface area contributed by atoms with Crippen LogP contribution in [0.5, 0.6) is 0 Å². The van der Waals surface area contributed by atoms with E-state index >= 15 is 0 Å². The molecule has 1 N–H and O–H groups in total. The van der Waals surface area contributed by atoms with Gasteiger partial charge in [0.25, 0.3) is 5.91 Å². The van der Waals surface area contributed by atoms with E-state index in [0.717, 1.165) is 5.56 Å². The average Bonchev–Trinajstić information content (AvgIpc) is 3.04. The monoisotopic (exact) mass is 397 g/mol. The number of benzene rings is 1. The highest BCUT2D eigenvalue weighted by atomic mass is 35.5. The quantitative estimate of drug-likeness (QED) is 0.831. The van der Waals surface area contributed by atoms with Crippen LogP contribution in [0.2, 0.25) is 5.02 Å². The van der Waals surface area contributed by atoms with Gasteiger partial charge in [0, 0.05) is 37.9 Å². The number of aromatic nitrogens is 1. The Morgan fingerprint density at radius 1 is 1.27 bits per heavy atom. The second-order valence-electron chi connectivity index (χ2n) is 5.96. The number of amides is 1. The largest absolute Gasteiger partial charge is 0.379 e. The van der Waals surface area contributed by atoms with E-state index in [2.05, 4.69) is 5.32 Å². The molecule has 7 nitrogen and oxygen atoms in total. The molecule has 1 fully saturated rings. The molecule has 2 heterocycles. The van der Waals surface area contributed by atoms with Gasteiger partial charge in [-0.1, -0.05) is 29.8 Å². The van der Waals surface area contributed by atoms with Crippen LogP contribution in [-0.2, 0) is 28.4 Å². The van der Waals surface area contributed by atoms with E-state index in [1.165, 1.54) is 21.1 Å². The summed E-state index contributed by atoms with van der Waals surface area (Å²) in [4.78, 5) is 12.6. The number of rotatable bonds is 5. The van der Waals surface area contributed by atoms with Gasteiger partial charge in [-0.25, -0.2) is 8.42 Å². The van der Waals surface area contributed by atoms with Crippen LogP contribution in [0.25, 0.3) is 0 Å². The number of halogens is 1. The summed E-state index contributed by atoms with van der Waals surface area (Å²) >= 11 is 6.08. The van der Waals surface area contributed by atoms with E-state index in [1.54, 1.807) is 13.1 Å². The van der Waals surface area contributed by atoms with Crippen molar-refractivity contribution in [3.8, 4) is 0 Å². The number of nitrogens with zero attached hydrogens (tertiary/aromatic N) is 2. The molecule has 0 aliphatic carbocycles. The molecule has 3 rings (SSSR count). The highest BCUT2D eigenvalue weighted by molar-refractivity contribution is 7.89. The van der Waals surface area contributed by atoms with Crippen molar-refractivity contribution in [3.63, 3.8) is 0 Å². The number of hydrogen-bond acceptors (Lipinski definition) is 4. The van der Waals surface area contributed by atoms with Crippen LogP contribution in [0, 0.1) is 0 Å². The third-order valence-electron chi connectivity index (χ3n) is 4.22. The Morgan fingerprint density at radius 3 is 2.65 bits per heavy atom. The van der Waals surface area contributed by atoms with Crippen molar-refractivity contribution in [1.29, 1.82) is 0 Å². The molecule has 0 saturated carbocycles. The molecular formula is C17H20ClN3O4S. The van der Waals surface area contributed by atoms with Crippen LogP contribution in [0.3, 0.4) is 0 Å². The average molecular weight is 398 g/mol. The standard InChI is InChI=1S/C17H20ClN3O4S/c1-20-12-14(26(23,24)21-6-8-25-9-7-21)10-16(20)17(22)19-11-13-4-2-3-5-15(13)18/h2-5,10,12H,6-9,11H2,1H3,(H,19,22). The van der Waals surface area contributed by atoms with Gasteiger partial charge < -0.3 is 14.6 Å². The lowest BCUT2D eigenvalue weighted by atomic mass is 10.2. The fraction of sp³-hybridized carbons (Fsp3) is 0.353. The van der Waals surface area contributed by atoms with E-state index in [-0.39, 0.29) is 23.0 Å². The lowest BCUT2D eigenvalue weighted by Gasteiger charge is -2.25. The fourth-order valence-electron chi connectivity index (χ4n) is 2.74. The van der Waals surface area contributed by atoms with Crippen molar-refractivity contribution in [2.75, 3.05) is 26.3 Å². The van der Waals surface area contributed by atoms with Gasteiger partial charge in [0.05, 0.1) is 13.2 Å². The first-order chi connectivity index (χ1) is 12.4. The Morgan fingerprint density at radius 2 is 1.96 bits per heavy atom. The van der Waals surface area contributed by atoms with Crippen LogP contribution in [-0.4, -0.2) is 49.5 Å². The summed E-state index contributed by atoms with van der Waals surface area (Å²) in [5, 5.41) is 3.33. The maximum atomic E-state index is 12.7. The molecule has 1 amide bonds. The summed E-state index contributed by atoms with van der Waals surface area (Å²) in [5.41, 5.74) is 1.06. The zero-order valence-electron chi connectivity index (χ0n) is 14.3. The third-order valence-corrected chi connectivity index (χ3v) is 6.45. The molecule has 1 aliphatic heterocycles. The van der Waals surface area contributed by atoms with E-state index in [1.807, 2.05) is 18.2 Å². The predicted molar refractivity (Wildman–Crippen MR) is 97.6 cm³/mol. The molecule has 140 valence electrons. The Labute approximate surface area is 157 Å². The minimum Gasteiger partial charge on any atom is -0.379 e. The van der Waals surface area contributed by atoms with Gasteiger partial charge in [0.15, 0.2) is 0 Å². The van der Waals surface area contributed by atoms with Crippen molar-refractivity contribution < 1.29 is 17.9 Å². The van der Waals surface area contributed by atoms with Gasteiger partial charge >= 0.3 is 0 Å². The SMILES string of the molecule is Cn1cc(S(=O)(=O)N2CCOCC2)cc1C(=O)NCc1ccccc1Cl. The second-order valence-corrected chi connectivity index (χ2v) is 8.31. The van der Waals surface area contributed by atoms with Crippen LogP contribution in [0.1, 0.15) is 16.1 Å². The van der Waals surface area contributed by atoms with Crippen LogP contribution in [0.15, 0.2) is 41.4 Å². The predicted octanol–water partition coefficient (Wildman–Crippen LogP) is 1.63. The van der Waals surface area contributed by atoms with E-state index < -0.39 is 10.0 Å². The zero-order chi connectivity index (χ0) is 18.7. The first-order valence-corrected chi connectivity index (χ1v) is 9.97. The lowest BCUT2D eigenvalue weighted by molar-refractivity contribution is 0.0730. The van der Waals surface area contributed by atoms with Crippen molar-refractivity contribution >= 4 is 27.5 Å². The molecule has 0 spiro atoms. The minimum atomic E-state index is -3.64. The van der Waals surface area contributed by atoms with Gasteiger partial charge in [-0.3, -0.25) is 4.79 Å². The fourth-order valence-corrected chi connectivity index (χ4v) is 4.43. The molecule has 0 atom stereocenters. The molecule has 2 aromatic rings. The number of carbonyl (C=O) groups is 1. The topological polar surface area (TPSA) is 80.6 Å². The third kappa shape index (κ3) is 3.93.